The second-order valence-electron chi connectivity index (χ2n) is 8.16. The zero-order chi connectivity index (χ0) is 23.3. The molecule has 0 N–H and O–H groups in total. The SMILES string of the molecule is COC(=O)c1ccc(Cn2c(-c3ccccc3)ncc(CC(=O)OC(C)(C)C)c2=O)nc1. The van der Waals surface area contributed by atoms with Crippen molar-refractivity contribution < 1.29 is 19.1 Å². The molecule has 8 nitrogen and oxygen atoms in total. The van der Waals surface area contributed by atoms with Crippen LogP contribution in [0.1, 0.15) is 42.4 Å². The molecule has 0 fully saturated rings. The number of carbonyl (C=O) groups is 2. The summed E-state index contributed by atoms with van der Waals surface area (Å²) in [6, 6.07) is 12.5. The molecule has 0 spiro atoms. The fraction of sp³-hybridized carbons (Fsp3) is 0.292. The molecule has 0 bridgehead atoms. The van der Waals surface area contributed by atoms with Crippen molar-refractivity contribution in [3.05, 3.63) is 82.0 Å². The highest BCUT2D eigenvalue weighted by Gasteiger charge is 2.20. The van der Waals surface area contributed by atoms with Crippen molar-refractivity contribution in [3.8, 4) is 11.4 Å². The number of carbonyl (C=O) groups excluding carboxylic acids is 2. The summed E-state index contributed by atoms with van der Waals surface area (Å²) in [5.41, 5.74) is 0.823. The summed E-state index contributed by atoms with van der Waals surface area (Å²) >= 11 is 0. The largest absolute Gasteiger partial charge is 0.465 e. The first-order chi connectivity index (χ1) is 15.2. The maximum atomic E-state index is 13.3. The van der Waals surface area contributed by atoms with Gasteiger partial charge in [-0.2, -0.15) is 0 Å². The molecule has 2 aromatic heterocycles. The van der Waals surface area contributed by atoms with Gasteiger partial charge in [0, 0.05) is 23.5 Å². The van der Waals surface area contributed by atoms with E-state index in [0.29, 0.717) is 17.1 Å². The van der Waals surface area contributed by atoms with Crippen molar-refractivity contribution in [1.29, 1.82) is 0 Å². The fourth-order valence-electron chi connectivity index (χ4n) is 3.07. The molecule has 2 heterocycles. The molecule has 166 valence electrons. The third-order valence-corrected chi connectivity index (χ3v) is 4.47. The van der Waals surface area contributed by atoms with Crippen LogP contribution in [0.5, 0.6) is 0 Å². The zero-order valence-electron chi connectivity index (χ0n) is 18.5. The average Bonchev–Trinajstić information content (AvgIpc) is 2.76. The first-order valence-corrected chi connectivity index (χ1v) is 10.1. The Balaban J connectivity index is 2.00. The van der Waals surface area contributed by atoms with Gasteiger partial charge in [-0.15, -0.1) is 0 Å². The van der Waals surface area contributed by atoms with E-state index in [1.807, 2.05) is 30.3 Å². The predicted octanol–water partition coefficient (Wildman–Crippen LogP) is 3.02. The van der Waals surface area contributed by atoms with Crippen LogP contribution < -0.4 is 5.56 Å². The Kier molecular flexibility index (Phi) is 6.82. The van der Waals surface area contributed by atoms with E-state index in [9.17, 15) is 14.4 Å². The van der Waals surface area contributed by atoms with Crippen molar-refractivity contribution in [2.75, 3.05) is 7.11 Å². The Labute approximate surface area is 185 Å². The monoisotopic (exact) mass is 435 g/mol. The van der Waals surface area contributed by atoms with Crippen LogP contribution in [0.4, 0.5) is 0 Å². The van der Waals surface area contributed by atoms with Crippen LogP contribution in [0.2, 0.25) is 0 Å². The maximum Gasteiger partial charge on any atom is 0.339 e. The number of hydrogen-bond donors (Lipinski definition) is 0. The third-order valence-electron chi connectivity index (χ3n) is 4.47. The maximum absolute atomic E-state index is 13.3. The molecule has 1 aromatic carbocycles. The van der Waals surface area contributed by atoms with Crippen LogP contribution in [-0.2, 0) is 27.2 Å². The summed E-state index contributed by atoms with van der Waals surface area (Å²) in [6.45, 7) is 5.41. The highest BCUT2D eigenvalue weighted by atomic mass is 16.6. The Bertz CT molecular complexity index is 1160. The van der Waals surface area contributed by atoms with Gasteiger partial charge in [-0.1, -0.05) is 30.3 Å². The normalized spacial score (nSPS) is 11.1. The molecular weight excluding hydrogens is 410 g/mol. The third kappa shape index (κ3) is 5.66. The van der Waals surface area contributed by atoms with E-state index >= 15 is 0 Å². The van der Waals surface area contributed by atoms with Crippen molar-refractivity contribution in [3.63, 3.8) is 0 Å². The highest BCUT2D eigenvalue weighted by Crippen LogP contribution is 2.17. The van der Waals surface area contributed by atoms with Crippen molar-refractivity contribution in [1.82, 2.24) is 14.5 Å². The van der Waals surface area contributed by atoms with Crippen molar-refractivity contribution in [2.45, 2.75) is 39.3 Å². The number of methoxy groups -OCH3 is 1. The van der Waals surface area contributed by atoms with Crippen LogP contribution >= 0.6 is 0 Å². The lowest BCUT2D eigenvalue weighted by Gasteiger charge is -2.19. The lowest BCUT2D eigenvalue weighted by Crippen LogP contribution is -2.31. The van der Waals surface area contributed by atoms with Crippen LogP contribution in [0, 0.1) is 0 Å². The summed E-state index contributed by atoms with van der Waals surface area (Å²) in [5, 5.41) is 0. The first-order valence-electron chi connectivity index (χ1n) is 10.1. The van der Waals surface area contributed by atoms with Gasteiger partial charge in [0.25, 0.3) is 5.56 Å². The Morgan fingerprint density at radius 2 is 1.72 bits per heavy atom. The van der Waals surface area contributed by atoms with E-state index in [1.54, 1.807) is 32.9 Å². The first kappa shape index (κ1) is 22.9. The van der Waals surface area contributed by atoms with Crippen LogP contribution in [0.3, 0.4) is 0 Å². The predicted molar refractivity (Wildman–Crippen MR) is 118 cm³/mol. The van der Waals surface area contributed by atoms with E-state index in [4.69, 9.17) is 4.74 Å². The van der Waals surface area contributed by atoms with Crippen LogP contribution in [0.25, 0.3) is 11.4 Å². The van der Waals surface area contributed by atoms with E-state index in [2.05, 4.69) is 14.7 Å². The minimum atomic E-state index is -0.654. The Hall–Kier alpha value is -3.81. The van der Waals surface area contributed by atoms with Crippen molar-refractivity contribution >= 4 is 11.9 Å². The minimum absolute atomic E-state index is 0.111. The number of nitrogens with zero attached hydrogens (tertiary/aromatic N) is 3. The highest BCUT2D eigenvalue weighted by molar-refractivity contribution is 5.88. The van der Waals surface area contributed by atoms with Crippen LogP contribution in [-0.4, -0.2) is 39.2 Å². The van der Waals surface area contributed by atoms with E-state index in [-0.39, 0.29) is 24.1 Å². The second-order valence-corrected chi connectivity index (χ2v) is 8.16. The van der Waals surface area contributed by atoms with Gasteiger partial charge in [0.1, 0.15) is 11.4 Å². The standard InChI is InChI=1S/C24H25N3O5/c1-24(2,3)32-20(28)12-18-14-26-21(16-8-6-5-7-9-16)27(22(18)29)15-19-11-10-17(13-25-19)23(30)31-4/h5-11,13-14H,12,15H2,1-4H3. The molecule has 0 unspecified atom stereocenters. The number of ether oxygens (including phenoxy) is 2. The fourth-order valence-corrected chi connectivity index (χ4v) is 3.07. The molecule has 32 heavy (non-hydrogen) atoms. The minimum Gasteiger partial charge on any atom is -0.465 e. The molecule has 0 amide bonds. The molecule has 0 saturated carbocycles. The summed E-state index contributed by atoms with van der Waals surface area (Å²) in [4.78, 5) is 46.0. The molecule has 0 aliphatic carbocycles. The quantitative estimate of drug-likeness (QED) is 0.549. The topological polar surface area (TPSA) is 100 Å². The summed E-state index contributed by atoms with van der Waals surface area (Å²) in [6.07, 6.45) is 2.62. The second kappa shape index (κ2) is 9.55. The molecule has 0 aliphatic heterocycles. The Morgan fingerprint density at radius 3 is 2.31 bits per heavy atom. The molecule has 0 aliphatic rings. The number of rotatable bonds is 6. The number of aromatic nitrogens is 3. The van der Waals surface area contributed by atoms with Crippen LogP contribution in [0.15, 0.2) is 59.7 Å². The summed E-state index contributed by atoms with van der Waals surface area (Å²) in [7, 11) is 1.30. The molecule has 0 atom stereocenters. The van der Waals surface area contributed by atoms with Gasteiger partial charge in [0.15, 0.2) is 0 Å². The van der Waals surface area contributed by atoms with E-state index < -0.39 is 17.5 Å². The lowest BCUT2D eigenvalue weighted by atomic mass is 10.1. The van der Waals surface area contributed by atoms with Gasteiger partial charge < -0.3 is 9.47 Å². The van der Waals surface area contributed by atoms with E-state index in [1.165, 1.54) is 24.1 Å². The molecule has 0 radical (unpaired) electrons. The van der Waals surface area contributed by atoms with Gasteiger partial charge >= 0.3 is 11.9 Å². The van der Waals surface area contributed by atoms with Gasteiger partial charge in [-0.05, 0) is 32.9 Å². The van der Waals surface area contributed by atoms with Crippen molar-refractivity contribution in [2.24, 2.45) is 0 Å². The Morgan fingerprint density at radius 1 is 1.00 bits per heavy atom. The smallest absolute Gasteiger partial charge is 0.339 e. The average molecular weight is 435 g/mol. The molecule has 0 saturated heterocycles. The number of pyridine rings is 1. The zero-order valence-corrected chi connectivity index (χ0v) is 18.5. The molecule has 3 rings (SSSR count). The van der Waals surface area contributed by atoms with Gasteiger partial charge in [0.2, 0.25) is 0 Å². The number of hydrogen-bond acceptors (Lipinski definition) is 7. The molecular formula is C24H25N3O5. The molecule has 3 aromatic rings. The van der Waals surface area contributed by atoms with E-state index in [0.717, 1.165) is 5.56 Å². The summed E-state index contributed by atoms with van der Waals surface area (Å²) < 4.78 is 11.5. The number of benzene rings is 1. The molecule has 8 heteroatoms. The van der Waals surface area contributed by atoms with Gasteiger partial charge in [0.05, 0.1) is 31.3 Å². The number of esters is 2. The summed E-state index contributed by atoms with van der Waals surface area (Å²) in [5.74, 6) is -0.550. The lowest BCUT2D eigenvalue weighted by molar-refractivity contribution is -0.153. The van der Waals surface area contributed by atoms with Gasteiger partial charge in [-0.25, -0.2) is 9.78 Å². The van der Waals surface area contributed by atoms with Gasteiger partial charge in [-0.3, -0.25) is 19.1 Å².